The number of anilines is 2. The number of aromatic carboxylic acids is 1. The molecule has 0 aliphatic rings. The van der Waals surface area contributed by atoms with E-state index in [0.29, 0.717) is 22.2 Å². The number of aryl methyl sites for hydroxylation is 1. The van der Waals surface area contributed by atoms with Crippen LogP contribution < -0.4 is 5.32 Å². The average molecular weight is 472 g/mol. The number of nitrogens with one attached hydrogen (secondary N) is 2. The van der Waals surface area contributed by atoms with Crippen LogP contribution in [0.4, 0.5) is 11.6 Å². The molecule has 5 aromatic rings. The monoisotopic (exact) mass is 471 g/mol. The van der Waals surface area contributed by atoms with E-state index in [9.17, 15) is 9.90 Å². The molecule has 0 bridgehead atoms. The van der Waals surface area contributed by atoms with Gasteiger partial charge in [-0.3, -0.25) is 0 Å². The molecule has 8 nitrogen and oxygen atoms in total. The number of hydrogen-bond acceptors (Lipinski definition) is 7. The predicted octanol–water partition coefficient (Wildman–Crippen LogP) is 5.09. The van der Waals surface area contributed by atoms with Gasteiger partial charge in [0.25, 0.3) is 0 Å². The van der Waals surface area contributed by atoms with Gasteiger partial charge in [0.2, 0.25) is 0 Å². The lowest BCUT2D eigenvalue weighted by Gasteiger charge is -2.21. The molecule has 0 spiro atoms. The van der Waals surface area contributed by atoms with Gasteiger partial charge >= 0.3 is 5.97 Å². The zero-order chi connectivity index (χ0) is 23.9. The van der Waals surface area contributed by atoms with E-state index < -0.39 is 11.6 Å². The molecule has 0 radical (unpaired) electrons. The highest BCUT2D eigenvalue weighted by molar-refractivity contribution is 7.15. The maximum Gasteiger partial charge on any atom is 0.335 e. The first-order chi connectivity index (χ1) is 16.3. The van der Waals surface area contributed by atoms with Crippen LogP contribution in [0.1, 0.15) is 33.4 Å². The smallest absolute Gasteiger partial charge is 0.335 e. The number of carboxylic acid groups (broad SMARTS) is 1. The third-order valence-corrected chi connectivity index (χ3v) is 6.73. The van der Waals surface area contributed by atoms with E-state index in [-0.39, 0.29) is 5.56 Å². The van der Waals surface area contributed by atoms with Crippen LogP contribution in [0, 0.1) is 6.92 Å². The van der Waals surface area contributed by atoms with E-state index in [1.807, 2.05) is 43.5 Å². The molecule has 0 aliphatic heterocycles. The van der Waals surface area contributed by atoms with Crippen LogP contribution in [0.5, 0.6) is 0 Å². The van der Waals surface area contributed by atoms with Crippen LogP contribution in [0.3, 0.4) is 0 Å². The Balaban J connectivity index is 1.43. The third kappa shape index (κ3) is 4.14. The number of aromatic nitrogens is 4. The van der Waals surface area contributed by atoms with E-state index in [1.54, 1.807) is 25.3 Å². The fourth-order valence-corrected chi connectivity index (χ4v) is 4.61. The molecule has 0 amide bonds. The lowest BCUT2D eigenvalue weighted by atomic mass is 9.96. The molecule has 0 fully saturated rings. The second-order valence-corrected chi connectivity index (χ2v) is 9.17. The molecule has 5 rings (SSSR count). The van der Waals surface area contributed by atoms with E-state index in [2.05, 4.69) is 20.3 Å². The first kappa shape index (κ1) is 21.7. The van der Waals surface area contributed by atoms with Crippen LogP contribution in [-0.4, -0.2) is 36.1 Å². The van der Waals surface area contributed by atoms with Crippen LogP contribution in [0.15, 0.2) is 67.0 Å². The first-order valence-electron chi connectivity index (χ1n) is 10.5. The molecule has 9 heteroatoms. The van der Waals surface area contributed by atoms with Gasteiger partial charge in [0.05, 0.1) is 16.1 Å². The number of H-pyrrole nitrogens is 1. The van der Waals surface area contributed by atoms with Gasteiger partial charge in [-0.05, 0) is 67.4 Å². The van der Waals surface area contributed by atoms with Gasteiger partial charge in [-0.25, -0.2) is 19.7 Å². The summed E-state index contributed by atoms with van der Waals surface area (Å²) < 4.78 is 0. The largest absolute Gasteiger partial charge is 0.478 e. The SMILES string of the molecule is Cc1cc(Nc2ccc3cc[nH]c3n2)nc(-c2cnc(C(C)(O)c3ccc(C(=O)O)cc3)s2)c1. The lowest BCUT2D eigenvalue weighted by Crippen LogP contribution is -2.22. The Labute approximate surface area is 199 Å². The molecule has 0 saturated heterocycles. The first-order valence-corrected chi connectivity index (χ1v) is 11.3. The van der Waals surface area contributed by atoms with Crippen molar-refractivity contribution in [2.75, 3.05) is 5.32 Å². The van der Waals surface area contributed by atoms with Crippen LogP contribution in [0.2, 0.25) is 0 Å². The summed E-state index contributed by atoms with van der Waals surface area (Å²) in [4.78, 5) is 28.8. The zero-order valence-electron chi connectivity index (χ0n) is 18.4. The van der Waals surface area contributed by atoms with Crippen molar-refractivity contribution in [3.05, 3.63) is 88.7 Å². The third-order valence-electron chi connectivity index (χ3n) is 5.50. The summed E-state index contributed by atoms with van der Waals surface area (Å²) in [6, 6.07) is 15.9. The van der Waals surface area contributed by atoms with Gasteiger partial charge in [-0.2, -0.15) is 0 Å². The summed E-state index contributed by atoms with van der Waals surface area (Å²) in [6.45, 7) is 3.63. The number of carboxylic acids is 1. The van der Waals surface area contributed by atoms with Crippen molar-refractivity contribution in [3.63, 3.8) is 0 Å². The van der Waals surface area contributed by atoms with Crippen molar-refractivity contribution in [1.82, 2.24) is 19.9 Å². The Morgan fingerprint density at radius 3 is 2.62 bits per heavy atom. The Kier molecular flexibility index (Phi) is 5.35. The molecule has 170 valence electrons. The van der Waals surface area contributed by atoms with Crippen LogP contribution >= 0.6 is 11.3 Å². The number of fused-ring (bicyclic) bond motifs is 1. The number of nitrogens with zero attached hydrogens (tertiary/aromatic N) is 3. The van der Waals surface area contributed by atoms with Crippen molar-refractivity contribution < 1.29 is 15.0 Å². The number of benzene rings is 1. The van der Waals surface area contributed by atoms with Gasteiger partial charge < -0.3 is 20.5 Å². The van der Waals surface area contributed by atoms with Gasteiger partial charge in [0.15, 0.2) is 0 Å². The summed E-state index contributed by atoms with van der Waals surface area (Å²) in [5, 5.41) is 25.1. The summed E-state index contributed by atoms with van der Waals surface area (Å²) >= 11 is 1.34. The number of hydrogen-bond donors (Lipinski definition) is 4. The molecule has 1 atom stereocenters. The fraction of sp³-hybridized carbons (Fsp3) is 0.120. The minimum atomic E-state index is -1.37. The number of aliphatic hydroxyl groups is 1. The Morgan fingerprint density at radius 2 is 1.85 bits per heavy atom. The standard InChI is InChI=1S/C25H21N5O3S/c1-14-11-18(28-21(12-14)29-20-8-5-15-9-10-26-22(15)30-20)19-13-27-24(34-19)25(2,33)17-6-3-16(4-7-17)23(31)32/h3-13,33H,1-2H3,(H,31,32)(H2,26,28,29,30). The maximum absolute atomic E-state index is 11.2. The molecule has 34 heavy (non-hydrogen) atoms. The zero-order valence-corrected chi connectivity index (χ0v) is 19.2. The summed E-state index contributed by atoms with van der Waals surface area (Å²) in [5.74, 6) is 0.316. The minimum Gasteiger partial charge on any atom is -0.478 e. The number of pyridine rings is 2. The maximum atomic E-state index is 11.2. The highest BCUT2D eigenvalue weighted by Crippen LogP contribution is 2.36. The van der Waals surface area contributed by atoms with Crippen molar-refractivity contribution in [2.24, 2.45) is 0 Å². The van der Waals surface area contributed by atoms with Gasteiger partial charge in [0, 0.05) is 17.8 Å². The van der Waals surface area contributed by atoms with E-state index in [4.69, 9.17) is 10.1 Å². The molecule has 1 aromatic carbocycles. The highest BCUT2D eigenvalue weighted by atomic mass is 32.1. The van der Waals surface area contributed by atoms with Crippen molar-refractivity contribution >= 4 is 40.0 Å². The molecule has 4 N–H and O–H groups in total. The van der Waals surface area contributed by atoms with E-state index >= 15 is 0 Å². The van der Waals surface area contributed by atoms with Crippen LogP contribution in [0.25, 0.3) is 21.6 Å². The summed E-state index contributed by atoms with van der Waals surface area (Å²) in [7, 11) is 0. The number of thiazole rings is 1. The van der Waals surface area contributed by atoms with Gasteiger partial charge in [-0.15, -0.1) is 11.3 Å². The van der Waals surface area contributed by atoms with Crippen LogP contribution in [-0.2, 0) is 5.60 Å². The molecule has 1 unspecified atom stereocenters. The highest BCUT2D eigenvalue weighted by Gasteiger charge is 2.30. The molecule has 4 heterocycles. The van der Waals surface area contributed by atoms with E-state index in [0.717, 1.165) is 27.2 Å². The molecular formula is C25H21N5O3S. The summed E-state index contributed by atoms with van der Waals surface area (Å²) in [6.07, 6.45) is 3.54. The Morgan fingerprint density at radius 1 is 1.06 bits per heavy atom. The average Bonchev–Trinajstić information content (AvgIpc) is 3.49. The molecular weight excluding hydrogens is 450 g/mol. The van der Waals surface area contributed by atoms with Crippen molar-refractivity contribution in [1.29, 1.82) is 0 Å². The van der Waals surface area contributed by atoms with Crippen molar-refractivity contribution in [3.8, 4) is 10.6 Å². The minimum absolute atomic E-state index is 0.160. The number of aromatic amines is 1. The summed E-state index contributed by atoms with van der Waals surface area (Å²) in [5.41, 5.74) is 1.88. The molecule has 0 saturated carbocycles. The topological polar surface area (TPSA) is 124 Å². The Hall–Kier alpha value is -4.08. The van der Waals surface area contributed by atoms with Gasteiger partial charge in [-0.1, -0.05) is 12.1 Å². The normalized spacial score (nSPS) is 13.0. The molecule has 4 aromatic heterocycles. The second-order valence-electron chi connectivity index (χ2n) is 8.14. The fourth-order valence-electron chi connectivity index (χ4n) is 3.67. The second kappa shape index (κ2) is 8.36. The number of rotatable bonds is 6. The predicted molar refractivity (Wildman–Crippen MR) is 132 cm³/mol. The lowest BCUT2D eigenvalue weighted by molar-refractivity contribution is 0.0695. The quantitative estimate of drug-likeness (QED) is 0.272. The van der Waals surface area contributed by atoms with Crippen molar-refractivity contribution in [2.45, 2.75) is 19.4 Å². The van der Waals surface area contributed by atoms with Gasteiger partial charge in [0.1, 0.15) is 27.9 Å². The Bertz CT molecular complexity index is 1500. The molecule has 0 aliphatic carbocycles. The van der Waals surface area contributed by atoms with E-state index in [1.165, 1.54) is 23.5 Å². The number of carbonyl (C=O) groups is 1.